The first-order valence-electron chi connectivity index (χ1n) is 9.12. The third-order valence-corrected chi connectivity index (χ3v) is 5.35. The molecule has 1 unspecified atom stereocenters. The number of halogens is 1. The Balaban J connectivity index is 1.75. The van der Waals surface area contributed by atoms with E-state index in [0.717, 1.165) is 37.2 Å². The summed E-state index contributed by atoms with van der Waals surface area (Å²) < 4.78 is 5.25. The van der Waals surface area contributed by atoms with Gasteiger partial charge in [0.1, 0.15) is 0 Å². The zero-order valence-corrected chi connectivity index (χ0v) is 16.4. The van der Waals surface area contributed by atoms with Crippen LogP contribution in [0.25, 0.3) is 0 Å². The smallest absolute Gasteiger partial charge is 0.235 e. The second-order valence-corrected chi connectivity index (χ2v) is 7.46. The lowest BCUT2D eigenvalue weighted by Gasteiger charge is -2.37. The predicted molar refractivity (Wildman–Crippen MR) is 105 cm³/mol. The van der Waals surface area contributed by atoms with Gasteiger partial charge >= 0.3 is 0 Å². The Morgan fingerprint density at radius 3 is 2.85 bits per heavy atom. The van der Waals surface area contributed by atoms with Gasteiger partial charge in [0.05, 0.1) is 18.2 Å². The number of nitrogens with zero attached hydrogens (tertiary/aromatic N) is 3. The molecule has 2 aromatic rings. The molecule has 1 aliphatic heterocycles. The lowest BCUT2D eigenvalue weighted by molar-refractivity contribution is -0.123. The number of hydrogen-bond acceptors (Lipinski definition) is 5. The molecule has 2 atom stereocenters. The Kier molecular flexibility index (Phi) is 6.29. The maximum atomic E-state index is 12.1. The van der Waals surface area contributed by atoms with Crippen LogP contribution in [0.5, 0.6) is 5.88 Å². The Hall–Kier alpha value is -2.18. The van der Waals surface area contributed by atoms with Crippen molar-refractivity contribution in [3.63, 3.8) is 0 Å². The van der Waals surface area contributed by atoms with Gasteiger partial charge in [0.2, 0.25) is 11.8 Å². The molecule has 144 valence electrons. The number of amides is 1. The van der Waals surface area contributed by atoms with Crippen LogP contribution >= 0.6 is 11.6 Å². The van der Waals surface area contributed by atoms with Crippen molar-refractivity contribution in [2.75, 3.05) is 20.2 Å². The minimum atomic E-state index is -0.381. The van der Waals surface area contributed by atoms with Crippen molar-refractivity contribution in [1.29, 1.82) is 0 Å². The molecule has 2 aromatic heterocycles. The zero-order valence-electron chi connectivity index (χ0n) is 15.7. The van der Waals surface area contributed by atoms with Gasteiger partial charge in [0, 0.05) is 36.6 Å². The number of rotatable bonds is 6. The fraction of sp³-hybridized carbons (Fsp3) is 0.450. The van der Waals surface area contributed by atoms with E-state index >= 15 is 0 Å². The largest absolute Gasteiger partial charge is 0.481 e. The number of hydrogen-bond donors (Lipinski definition) is 1. The van der Waals surface area contributed by atoms with Gasteiger partial charge in [-0.05, 0) is 56.0 Å². The normalized spacial score (nSPS) is 18.9. The number of aromatic nitrogens is 2. The molecule has 1 saturated heterocycles. The van der Waals surface area contributed by atoms with Crippen molar-refractivity contribution >= 4 is 17.5 Å². The first kappa shape index (κ1) is 19.6. The van der Waals surface area contributed by atoms with E-state index in [2.05, 4.69) is 20.9 Å². The van der Waals surface area contributed by atoms with Crippen LogP contribution in [-0.4, -0.2) is 47.0 Å². The van der Waals surface area contributed by atoms with Gasteiger partial charge in [-0.1, -0.05) is 11.6 Å². The van der Waals surface area contributed by atoms with Crippen molar-refractivity contribution in [1.82, 2.24) is 14.9 Å². The van der Waals surface area contributed by atoms with Crippen molar-refractivity contribution in [2.24, 2.45) is 5.73 Å². The Morgan fingerprint density at radius 1 is 1.41 bits per heavy atom. The van der Waals surface area contributed by atoms with Gasteiger partial charge in [-0.25, -0.2) is 4.98 Å². The number of carbonyl (C=O) groups excluding carboxylic acids is 1. The van der Waals surface area contributed by atoms with Gasteiger partial charge in [0.15, 0.2) is 0 Å². The van der Waals surface area contributed by atoms with E-state index in [-0.39, 0.29) is 11.9 Å². The summed E-state index contributed by atoms with van der Waals surface area (Å²) in [6, 6.07) is 5.37. The maximum Gasteiger partial charge on any atom is 0.235 e. The van der Waals surface area contributed by atoms with E-state index < -0.39 is 0 Å². The number of primary amides is 1. The van der Waals surface area contributed by atoms with E-state index in [1.165, 1.54) is 5.56 Å². The topological polar surface area (TPSA) is 81.3 Å². The second-order valence-electron chi connectivity index (χ2n) is 7.02. The van der Waals surface area contributed by atoms with Crippen LogP contribution in [0.1, 0.15) is 35.6 Å². The van der Waals surface area contributed by atoms with E-state index in [0.29, 0.717) is 23.2 Å². The number of likely N-dealkylation sites (tertiary alicyclic amines) is 1. The van der Waals surface area contributed by atoms with Crippen LogP contribution in [0.2, 0.25) is 5.02 Å². The average Bonchev–Trinajstić information content (AvgIpc) is 2.67. The molecular weight excluding hydrogens is 364 g/mol. The Morgan fingerprint density at radius 2 is 2.22 bits per heavy atom. The number of methoxy groups -OCH3 is 1. The lowest BCUT2D eigenvalue weighted by Crippen LogP contribution is -2.50. The van der Waals surface area contributed by atoms with Crippen molar-refractivity contribution < 1.29 is 9.53 Å². The van der Waals surface area contributed by atoms with E-state index in [1.807, 2.05) is 19.2 Å². The number of piperidine rings is 1. The molecule has 6 nitrogen and oxygen atoms in total. The Bertz CT molecular complexity index is 797. The number of carbonyl (C=O) groups is 1. The highest BCUT2D eigenvalue weighted by Gasteiger charge is 2.30. The molecule has 1 aliphatic rings. The number of ether oxygens (including phenoxy) is 1. The minimum Gasteiger partial charge on any atom is -0.481 e. The number of aryl methyl sites for hydroxylation is 1. The summed E-state index contributed by atoms with van der Waals surface area (Å²) in [6.07, 6.45) is 6.03. The van der Waals surface area contributed by atoms with Crippen molar-refractivity contribution in [3.8, 4) is 5.88 Å². The number of nitrogens with two attached hydrogens (primary N) is 1. The molecule has 3 rings (SSSR count). The zero-order chi connectivity index (χ0) is 19.4. The molecule has 0 radical (unpaired) electrons. The summed E-state index contributed by atoms with van der Waals surface area (Å²) in [5, 5.41) is 0.579. The van der Waals surface area contributed by atoms with Crippen LogP contribution in [0.4, 0.5) is 0 Å². The molecule has 0 bridgehead atoms. The fourth-order valence-corrected chi connectivity index (χ4v) is 3.83. The molecular formula is C20H25ClN4O2. The maximum absolute atomic E-state index is 12.1. The lowest BCUT2D eigenvalue weighted by atomic mass is 9.89. The molecule has 0 saturated carbocycles. The van der Waals surface area contributed by atoms with Gasteiger partial charge in [0.25, 0.3) is 0 Å². The van der Waals surface area contributed by atoms with Gasteiger partial charge < -0.3 is 10.5 Å². The monoisotopic (exact) mass is 388 g/mol. The first-order valence-corrected chi connectivity index (χ1v) is 9.50. The highest BCUT2D eigenvalue weighted by Crippen LogP contribution is 2.30. The van der Waals surface area contributed by atoms with E-state index in [4.69, 9.17) is 22.1 Å². The van der Waals surface area contributed by atoms with Crippen LogP contribution < -0.4 is 10.5 Å². The number of pyridine rings is 2. The second kappa shape index (κ2) is 8.67. The molecule has 3 heterocycles. The summed E-state index contributed by atoms with van der Waals surface area (Å²) in [5.74, 6) is 0.641. The standard InChI is InChI=1S/C20H25ClN4O2/c1-13-8-15(10-24-20(13)27-2)14-4-3-7-25(12-14)18(19(22)26)9-17-6-5-16(21)11-23-17/h5-6,8,10-11,14,18H,3-4,7,9,12H2,1-2H3,(H2,22,26)/t14-,18?/m1/s1. The highest BCUT2D eigenvalue weighted by atomic mass is 35.5. The third-order valence-electron chi connectivity index (χ3n) is 5.13. The summed E-state index contributed by atoms with van der Waals surface area (Å²) >= 11 is 5.90. The molecule has 1 amide bonds. The van der Waals surface area contributed by atoms with Gasteiger partial charge in [-0.3, -0.25) is 14.7 Å². The molecule has 27 heavy (non-hydrogen) atoms. The molecule has 0 spiro atoms. The van der Waals surface area contributed by atoms with Gasteiger partial charge in [-0.15, -0.1) is 0 Å². The molecule has 2 N–H and O–H groups in total. The van der Waals surface area contributed by atoms with Crippen LogP contribution in [0, 0.1) is 6.92 Å². The highest BCUT2D eigenvalue weighted by molar-refractivity contribution is 6.30. The third kappa shape index (κ3) is 4.76. The predicted octanol–water partition coefficient (Wildman–Crippen LogP) is 2.72. The van der Waals surface area contributed by atoms with Gasteiger partial charge in [-0.2, -0.15) is 0 Å². The van der Waals surface area contributed by atoms with E-state index in [9.17, 15) is 4.79 Å². The Labute approximate surface area is 164 Å². The van der Waals surface area contributed by atoms with Crippen molar-refractivity contribution in [3.05, 3.63) is 52.4 Å². The average molecular weight is 389 g/mol. The summed E-state index contributed by atoms with van der Waals surface area (Å²) in [7, 11) is 1.62. The minimum absolute atomic E-state index is 0.316. The molecule has 7 heteroatoms. The van der Waals surface area contributed by atoms with Crippen LogP contribution in [0.15, 0.2) is 30.6 Å². The van der Waals surface area contributed by atoms with Crippen LogP contribution in [0.3, 0.4) is 0 Å². The quantitative estimate of drug-likeness (QED) is 0.822. The summed E-state index contributed by atoms with van der Waals surface area (Å²) in [5.41, 5.74) is 8.73. The van der Waals surface area contributed by atoms with Crippen molar-refractivity contribution in [2.45, 2.75) is 38.1 Å². The fourth-order valence-electron chi connectivity index (χ4n) is 3.72. The van der Waals surface area contributed by atoms with E-state index in [1.54, 1.807) is 19.4 Å². The molecule has 0 aromatic carbocycles. The first-order chi connectivity index (χ1) is 13.0. The summed E-state index contributed by atoms with van der Waals surface area (Å²) in [6.45, 7) is 3.61. The van der Waals surface area contributed by atoms with Crippen LogP contribution in [-0.2, 0) is 11.2 Å². The summed E-state index contributed by atoms with van der Waals surface area (Å²) in [4.78, 5) is 23.0. The SMILES string of the molecule is COc1ncc([C@@H]2CCCN(C(Cc3ccc(Cl)cn3)C(N)=O)C2)cc1C. The molecule has 0 aliphatic carbocycles. The molecule has 1 fully saturated rings.